The molecule has 0 saturated heterocycles. The van der Waals surface area contributed by atoms with Gasteiger partial charge in [0.1, 0.15) is 0 Å². The molecule has 0 fully saturated rings. The van der Waals surface area contributed by atoms with Crippen LogP contribution in [0.1, 0.15) is 20.8 Å². The summed E-state index contributed by atoms with van der Waals surface area (Å²) >= 11 is 0. The SMILES string of the molecule is C=C/C=C(\C=C/C)n1c2ccccc2c2cc(-c3ccc4c(c3)c(=C/C)/c(=C\C=C)n4C3=CC=CC(C)(N=C)C=C3)ccc21. The fourth-order valence-electron chi connectivity index (χ4n) is 6.26. The predicted molar refractivity (Wildman–Crippen MR) is 194 cm³/mol. The van der Waals surface area contributed by atoms with Crippen LogP contribution in [0.4, 0.5) is 0 Å². The van der Waals surface area contributed by atoms with Crippen LogP contribution in [0.3, 0.4) is 0 Å². The van der Waals surface area contributed by atoms with Crippen LogP contribution in [0.15, 0.2) is 140 Å². The van der Waals surface area contributed by atoms with E-state index in [1.54, 1.807) is 0 Å². The van der Waals surface area contributed by atoms with Gasteiger partial charge in [0.2, 0.25) is 0 Å². The summed E-state index contributed by atoms with van der Waals surface area (Å²) in [6.45, 7) is 18.0. The van der Waals surface area contributed by atoms with Crippen LogP contribution in [0.5, 0.6) is 0 Å². The molecule has 1 aliphatic rings. The van der Waals surface area contributed by atoms with E-state index in [-0.39, 0.29) is 0 Å². The largest absolute Gasteiger partial charge is 0.309 e. The molecule has 216 valence electrons. The normalized spacial score (nSPS) is 18.1. The first-order valence-corrected chi connectivity index (χ1v) is 15.0. The maximum atomic E-state index is 4.32. The highest BCUT2D eigenvalue weighted by atomic mass is 15.0. The Morgan fingerprint density at radius 3 is 2.27 bits per heavy atom. The van der Waals surface area contributed by atoms with E-state index in [4.69, 9.17) is 0 Å². The summed E-state index contributed by atoms with van der Waals surface area (Å²) in [6, 6.07) is 22.2. The van der Waals surface area contributed by atoms with Crippen LogP contribution in [-0.2, 0) is 0 Å². The van der Waals surface area contributed by atoms with Crippen LogP contribution in [0.2, 0.25) is 0 Å². The van der Waals surface area contributed by atoms with E-state index in [0.29, 0.717) is 0 Å². The van der Waals surface area contributed by atoms with Crippen molar-refractivity contribution in [1.29, 1.82) is 0 Å². The average molecular weight is 572 g/mol. The molecule has 44 heavy (non-hydrogen) atoms. The zero-order valence-electron chi connectivity index (χ0n) is 25.7. The third-order valence-corrected chi connectivity index (χ3v) is 8.39. The van der Waals surface area contributed by atoms with Crippen molar-refractivity contribution in [3.05, 3.63) is 145 Å². The summed E-state index contributed by atoms with van der Waals surface area (Å²) in [5.74, 6) is 0. The highest BCUT2D eigenvalue weighted by Gasteiger charge is 2.18. The maximum absolute atomic E-state index is 4.32. The van der Waals surface area contributed by atoms with Crippen molar-refractivity contribution in [3.63, 3.8) is 0 Å². The van der Waals surface area contributed by atoms with Crippen LogP contribution < -0.4 is 10.6 Å². The summed E-state index contributed by atoms with van der Waals surface area (Å²) in [6.07, 6.45) is 24.7. The number of benzene rings is 3. The first kappa shape index (κ1) is 28.7. The molecule has 2 aromatic heterocycles. The number of nitrogens with zero attached hydrogens (tertiary/aromatic N) is 3. The molecule has 0 amide bonds. The molecule has 3 nitrogen and oxygen atoms in total. The number of aromatic nitrogens is 2. The summed E-state index contributed by atoms with van der Waals surface area (Å²) in [4.78, 5) is 4.32. The molecule has 1 atom stereocenters. The van der Waals surface area contributed by atoms with Crippen LogP contribution in [0, 0.1) is 0 Å². The Morgan fingerprint density at radius 2 is 1.57 bits per heavy atom. The molecular formula is C41H37N3. The lowest BCUT2D eigenvalue weighted by Crippen LogP contribution is -2.28. The molecule has 0 bridgehead atoms. The Bertz CT molecular complexity index is 2260. The summed E-state index contributed by atoms with van der Waals surface area (Å²) in [5, 5.41) is 5.91. The van der Waals surface area contributed by atoms with Crippen molar-refractivity contribution in [2.45, 2.75) is 26.3 Å². The minimum atomic E-state index is -0.437. The van der Waals surface area contributed by atoms with Gasteiger partial charge in [0.05, 0.1) is 27.4 Å². The lowest BCUT2D eigenvalue weighted by Gasteiger charge is -2.14. The van der Waals surface area contributed by atoms with E-state index < -0.39 is 5.54 Å². The maximum Gasteiger partial charge on any atom is 0.0939 e. The summed E-state index contributed by atoms with van der Waals surface area (Å²) in [7, 11) is 0. The second-order valence-electron chi connectivity index (χ2n) is 11.1. The first-order valence-electron chi connectivity index (χ1n) is 15.0. The van der Waals surface area contributed by atoms with Crippen LogP contribution in [-0.4, -0.2) is 21.4 Å². The second kappa shape index (κ2) is 11.7. The molecule has 0 aliphatic heterocycles. The van der Waals surface area contributed by atoms with Crippen molar-refractivity contribution in [2.24, 2.45) is 4.99 Å². The average Bonchev–Trinajstić information content (AvgIpc) is 3.45. The fourth-order valence-corrected chi connectivity index (χ4v) is 6.26. The molecule has 0 spiro atoms. The zero-order chi connectivity index (χ0) is 30.8. The molecule has 0 N–H and O–H groups in total. The molecule has 3 aromatic carbocycles. The van der Waals surface area contributed by atoms with Gasteiger partial charge in [-0.2, -0.15) is 0 Å². The van der Waals surface area contributed by atoms with Gasteiger partial charge in [-0.1, -0.05) is 86.0 Å². The fraction of sp³-hybridized carbons (Fsp3) is 0.0976. The van der Waals surface area contributed by atoms with Gasteiger partial charge in [0.15, 0.2) is 0 Å². The van der Waals surface area contributed by atoms with Crippen molar-refractivity contribution in [3.8, 4) is 11.1 Å². The second-order valence-corrected chi connectivity index (χ2v) is 11.1. The lowest BCUT2D eigenvalue weighted by molar-refractivity contribution is 0.746. The summed E-state index contributed by atoms with van der Waals surface area (Å²) < 4.78 is 4.62. The van der Waals surface area contributed by atoms with Crippen LogP contribution >= 0.6 is 0 Å². The van der Waals surface area contributed by atoms with Gasteiger partial charge in [0, 0.05) is 32.8 Å². The van der Waals surface area contributed by atoms with E-state index in [0.717, 1.165) is 22.3 Å². The van der Waals surface area contributed by atoms with Crippen molar-refractivity contribution in [2.75, 3.05) is 0 Å². The topological polar surface area (TPSA) is 22.2 Å². The molecule has 6 rings (SSSR count). The van der Waals surface area contributed by atoms with E-state index in [1.807, 2.05) is 19.1 Å². The molecule has 2 heterocycles. The smallest absolute Gasteiger partial charge is 0.0939 e. The van der Waals surface area contributed by atoms with Crippen LogP contribution in [0.25, 0.3) is 67.4 Å². The Balaban J connectivity index is 1.58. The Kier molecular flexibility index (Phi) is 7.63. The zero-order valence-corrected chi connectivity index (χ0v) is 25.7. The lowest BCUT2D eigenvalue weighted by atomic mass is 10.0. The Hall–Kier alpha value is -5.41. The van der Waals surface area contributed by atoms with Gasteiger partial charge in [-0.3, -0.25) is 4.99 Å². The van der Waals surface area contributed by atoms with Gasteiger partial charge in [-0.15, -0.1) is 0 Å². The number of aliphatic imine (C=N–C) groups is 1. The van der Waals surface area contributed by atoms with Crippen molar-refractivity contribution in [1.82, 2.24) is 9.13 Å². The number of hydrogen-bond acceptors (Lipinski definition) is 1. The quantitative estimate of drug-likeness (QED) is 0.137. The third kappa shape index (κ3) is 4.77. The van der Waals surface area contributed by atoms with Gasteiger partial charge < -0.3 is 9.13 Å². The van der Waals surface area contributed by atoms with Gasteiger partial charge in [-0.05, 0) is 99.3 Å². The Morgan fingerprint density at radius 1 is 0.841 bits per heavy atom. The van der Waals surface area contributed by atoms with E-state index >= 15 is 0 Å². The van der Waals surface area contributed by atoms with Gasteiger partial charge in [0.25, 0.3) is 0 Å². The third-order valence-electron chi connectivity index (χ3n) is 8.39. The monoisotopic (exact) mass is 571 g/mol. The predicted octanol–water partition coefficient (Wildman–Crippen LogP) is 9.21. The van der Waals surface area contributed by atoms with E-state index in [2.05, 4.69) is 169 Å². The number of fused-ring (bicyclic) bond motifs is 4. The highest BCUT2D eigenvalue weighted by Crippen LogP contribution is 2.35. The van der Waals surface area contributed by atoms with E-state index in [9.17, 15) is 0 Å². The number of para-hydroxylation sites is 1. The standard InChI is InChI=1S/C41H37N3/c1-7-14-31(15-8-2)43-38-19-12-11-18-34(38)36-28-30(21-23-40(36)43)29-20-22-39-35(27-29)33(10-4)37(16-9-3)44(39)32-17-13-25-41(5,42-6)26-24-32/h7-28H,1,3,6H2,2,4-5H3/b15-8-,31-14+,33-10-,37-16+. The summed E-state index contributed by atoms with van der Waals surface area (Å²) in [5.41, 5.74) is 7.53. The van der Waals surface area contributed by atoms with Gasteiger partial charge >= 0.3 is 0 Å². The molecule has 0 saturated carbocycles. The molecule has 1 unspecified atom stereocenters. The van der Waals surface area contributed by atoms with E-state index in [1.165, 1.54) is 43.5 Å². The number of rotatable bonds is 7. The number of hydrogen-bond donors (Lipinski definition) is 0. The molecule has 5 aromatic rings. The van der Waals surface area contributed by atoms with Gasteiger partial charge in [-0.25, -0.2) is 0 Å². The van der Waals surface area contributed by atoms with Crippen molar-refractivity contribution >= 4 is 63.0 Å². The minimum absolute atomic E-state index is 0.437. The number of allylic oxidation sites excluding steroid dienone is 10. The highest BCUT2D eigenvalue weighted by molar-refractivity contribution is 6.11. The molecule has 0 radical (unpaired) electrons. The molecular weight excluding hydrogens is 534 g/mol. The molecule has 3 heteroatoms. The molecule has 1 aliphatic carbocycles. The Labute approximate surface area is 259 Å². The minimum Gasteiger partial charge on any atom is -0.309 e. The first-order chi connectivity index (χ1) is 21.5. The van der Waals surface area contributed by atoms with Crippen molar-refractivity contribution < 1.29 is 0 Å².